The van der Waals surface area contributed by atoms with Crippen LogP contribution >= 0.6 is 0 Å². The molecule has 0 bridgehead atoms. The molecule has 10 nitrogen and oxygen atoms in total. The highest BCUT2D eigenvalue weighted by Gasteiger charge is 2.39. The maximum atomic E-state index is 13.3. The quantitative estimate of drug-likeness (QED) is 0.134. The van der Waals surface area contributed by atoms with Crippen LogP contribution < -0.4 is 10.6 Å². The number of aromatic amines is 1. The number of rotatable bonds is 8. The zero-order chi connectivity index (χ0) is 39.1. The molecule has 2 aliphatic rings. The normalized spacial score (nSPS) is 14.3. The van der Waals surface area contributed by atoms with E-state index < -0.39 is 29.6 Å². The van der Waals surface area contributed by atoms with Crippen molar-refractivity contribution in [1.82, 2.24) is 29.5 Å². The van der Waals surface area contributed by atoms with Crippen LogP contribution in [0.1, 0.15) is 92.4 Å². The fourth-order valence-corrected chi connectivity index (χ4v) is 5.96. The van der Waals surface area contributed by atoms with Gasteiger partial charge >= 0.3 is 12.4 Å². The number of alkyl halides is 6. The number of carbonyl (C=O) groups is 2. The topological polar surface area (TPSA) is 123 Å². The van der Waals surface area contributed by atoms with Gasteiger partial charge in [-0.1, -0.05) is 18.2 Å². The lowest BCUT2D eigenvalue weighted by molar-refractivity contribution is -0.143. The summed E-state index contributed by atoms with van der Waals surface area (Å²) in [4.78, 5) is 31.3. The Kier molecular flexibility index (Phi) is 9.83. The third-order valence-corrected chi connectivity index (χ3v) is 9.21. The monoisotopic (exact) mass is 760 g/mol. The molecule has 3 heterocycles. The number of carbonyl (C=O) groups excluding carboxylic acids is 2. The van der Waals surface area contributed by atoms with Crippen molar-refractivity contribution in [3.05, 3.63) is 137 Å². The maximum absolute atomic E-state index is 13.3. The lowest BCUT2D eigenvalue weighted by Gasteiger charge is -2.11. The number of H-pyrrole nitrogens is 1. The van der Waals surface area contributed by atoms with Gasteiger partial charge in [-0.2, -0.15) is 36.5 Å². The van der Waals surface area contributed by atoms with Crippen molar-refractivity contribution in [3.8, 4) is 11.4 Å². The van der Waals surface area contributed by atoms with Crippen LogP contribution in [0.3, 0.4) is 0 Å². The molecule has 2 amide bonds. The average molecular weight is 761 g/mol. The number of nitrogens with zero attached hydrogens (tertiary/aromatic N) is 5. The average Bonchev–Trinajstić information content (AvgIpc) is 4.03. The minimum Gasteiger partial charge on any atom is -0.348 e. The molecule has 3 N–H and O–H groups in total. The van der Waals surface area contributed by atoms with Crippen LogP contribution in [-0.2, 0) is 12.4 Å². The van der Waals surface area contributed by atoms with E-state index in [1.165, 1.54) is 35.3 Å². The Bertz CT molecular complexity index is 2330. The molecule has 0 spiro atoms. The van der Waals surface area contributed by atoms with Crippen molar-refractivity contribution in [2.24, 2.45) is 0 Å². The number of imidazole rings is 1. The van der Waals surface area contributed by atoms with E-state index in [4.69, 9.17) is 0 Å². The van der Waals surface area contributed by atoms with E-state index in [1.807, 2.05) is 19.1 Å². The van der Waals surface area contributed by atoms with Crippen LogP contribution in [0, 0.1) is 13.8 Å². The van der Waals surface area contributed by atoms with E-state index in [0.717, 1.165) is 48.1 Å². The molecule has 3 aromatic heterocycles. The summed E-state index contributed by atoms with van der Waals surface area (Å²) >= 11 is 0. The van der Waals surface area contributed by atoms with E-state index in [0.29, 0.717) is 39.7 Å². The maximum Gasteiger partial charge on any atom is 0.435 e. The lowest BCUT2D eigenvalue weighted by Crippen LogP contribution is -2.14. The molecule has 16 heteroatoms. The lowest BCUT2D eigenvalue weighted by atomic mass is 10.1. The van der Waals surface area contributed by atoms with Crippen LogP contribution in [0.4, 0.5) is 37.7 Å². The summed E-state index contributed by atoms with van der Waals surface area (Å²) < 4.78 is 81.5. The van der Waals surface area contributed by atoms with Gasteiger partial charge in [0.05, 0.1) is 23.4 Å². The number of halogens is 6. The van der Waals surface area contributed by atoms with E-state index in [1.54, 1.807) is 43.3 Å². The first kappa shape index (κ1) is 37.1. The van der Waals surface area contributed by atoms with E-state index in [-0.39, 0.29) is 29.1 Å². The smallest absolute Gasteiger partial charge is 0.348 e. The summed E-state index contributed by atoms with van der Waals surface area (Å²) in [5, 5.41) is 13.4. The van der Waals surface area contributed by atoms with Gasteiger partial charge in [0.1, 0.15) is 11.4 Å². The van der Waals surface area contributed by atoms with Gasteiger partial charge in [0, 0.05) is 40.2 Å². The molecule has 284 valence electrons. The molecule has 2 aliphatic carbocycles. The highest BCUT2D eigenvalue weighted by Crippen LogP contribution is 2.44. The van der Waals surface area contributed by atoms with Gasteiger partial charge in [-0.15, -0.1) is 0 Å². The summed E-state index contributed by atoms with van der Waals surface area (Å²) in [5.41, 5.74) is 3.52. The van der Waals surface area contributed by atoms with E-state index >= 15 is 0 Å². The second-order valence-corrected chi connectivity index (χ2v) is 13.5. The number of aryl methyl sites for hydroxylation is 2. The summed E-state index contributed by atoms with van der Waals surface area (Å²) in [5.74, 6) is -0.400. The second-order valence-electron chi connectivity index (χ2n) is 13.5. The zero-order valence-electron chi connectivity index (χ0n) is 29.5. The molecule has 8 rings (SSSR count). The molecule has 0 saturated heterocycles. The Morgan fingerprint density at radius 1 is 0.709 bits per heavy atom. The fourth-order valence-electron chi connectivity index (χ4n) is 5.96. The van der Waals surface area contributed by atoms with Crippen LogP contribution in [0.5, 0.6) is 0 Å². The third-order valence-electron chi connectivity index (χ3n) is 9.21. The van der Waals surface area contributed by atoms with Crippen molar-refractivity contribution in [2.75, 3.05) is 10.6 Å². The Hall–Kier alpha value is -6.19. The highest BCUT2D eigenvalue weighted by molar-refractivity contribution is 6.05. The summed E-state index contributed by atoms with van der Waals surface area (Å²) in [6.07, 6.45) is -4.08. The van der Waals surface area contributed by atoms with Crippen LogP contribution in [-0.4, -0.2) is 41.3 Å². The van der Waals surface area contributed by atoms with Gasteiger partial charge in [0.25, 0.3) is 11.8 Å². The predicted molar refractivity (Wildman–Crippen MR) is 191 cm³/mol. The molecule has 2 saturated carbocycles. The highest BCUT2D eigenvalue weighted by atomic mass is 19.4. The Labute approximate surface area is 310 Å². The van der Waals surface area contributed by atoms with E-state index in [9.17, 15) is 35.9 Å². The first-order chi connectivity index (χ1) is 26.2. The van der Waals surface area contributed by atoms with Crippen molar-refractivity contribution in [2.45, 2.75) is 63.7 Å². The van der Waals surface area contributed by atoms with Gasteiger partial charge in [0.15, 0.2) is 5.69 Å². The van der Waals surface area contributed by atoms with Crippen molar-refractivity contribution < 1.29 is 35.9 Å². The van der Waals surface area contributed by atoms with Gasteiger partial charge in [-0.25, -0.2) is 14.3 Å². The minimum absolute atomic E-state index is 0.114. The first-order valence-corrected chi connectivity index (χ1v) is 17.4. The number of anilines is 2. The Morgan fingerprint density at radius 3 is 1.82 bits per heavy atom. The molecule has 55 heavy (non-hydrogen) atoms. The van der Waals surface area contributed by atoms with Crippen molar-refractivity contribution in [1.29, 1.82) is 0 Å². The van der Waals surface area contributed by atoms with E-state index in [2.05, 4.69) is 30.8 Å². The fraction of sp³-hybridized carbons (Fsp3) is 0.256. The largest absolute Gasteiger partial charge is 0.435 e. The number of amides is 2. The van der Waals surface area contributed by atoms with Crippen molar-refractivity contribution in [3.63, 3.8) is 0 Å². The molecular formula is C39H34F6N8O2. The Balaban J connectivity index is 0.000000169. The number of hydrogen-bond donors (Lipinski definition) is 3. The molecule has 0 aliphatic heterocycles. The third kappa shape index (κ3) is 8.47. The SMILES string of the molecule is Cc1[nH]cnc1C(=O)Nc1ccc(-n2nc(C3CC3)cc2C(F)(F)F)cc1.Cc1ccccc1C(=O)Nc1ccc(-n2nc(C(F)(F)F)cc2C2CC2)cc1. The first-order valence-electron chi connectivity index (χ1n) is 17.4. The van der Waals surface area contributed by atoms with Gasteiger partial charge in [-0.3, -0.25) is 9.59 Å². The van der Waals surface area contributed by atoms with Crippen LogP contribution in [0.25, 0.3) is 11.4 Å². The molecule has 2 fully saturated rings. The number of hydrogen-bond acceptors (Lipinski definition) is 5. The predicted octanol–water partition coefficient (Wildman–Crippen LogP) is 9.38. The Morgan fingerprint density at radius 2 is 1.29 bits per heavy atom. The molecule has 0 radical (unpaired) electrons. The zero-order valence-corrected chi connectivity index (χ0v) is 29.5. The van der Waals surface area contributed by atoms with Gasteiger partial charge in [-0.05, 0) is 112 Å². The van der Waals surface area contributed by atoms with Gasteiger partial charge in [0.2, 0.25) is 0 Å². The molecule has 6 aromatic rings. The summed E-state index contributed by atoms with van der Waals surface area (Å²) in [6, 6.07) is 22.2. The second kappa shape index (κ2) is 14.6. The molecule has 0 atom stereocenters. The standard InChI is InChI=1S/C21H18F3N3O.C18H16F3N5O/c1-13-4-2-3-5-17(13)20(28)25-15-8-10-16(11-9-15)27-18(14-6-7-14)12-19(26-27)21(22,23)24;1-10-16(23-9-22-10)17(27)24-12-4-6-13(7-5-12)26-15(18(19,20)21)8-14(25-26)11-2-3-11/h2-5,8-12,14H,6-7H2,1H3,(H,25,28);4-9,11H,2-3H2,1H3,(H,22,23)(H,24,27). The molecule has 3 aromatic carbocycles. The van der Waals surface area contributed by atoms with Crippen LogP contribution in [0.2, 0.25) is 0 Å². The van der Waals surface area contributed by atoms with Crippen LogP contribution in [0.15, 0.2) is 91.3 Å². The molecular weight excluding hydrogens is 726 g/mol. The summed E-state index contributed by atoms with van der Waals surface area (Å²) in [6.45, 7) is 3.58. The van der Waals surface area contributed by atoms with Crippen molar-refractivity contribution >= 4 is 23.2 Å². The van der Waals surface area contributed by atoms with Gasteiger partial charge < -0.3 is 15.6 Å². The summed E-state index contributed by atoms with van der Waals surface area (Å²) in [7, 11) is 0. The number of nitrogens with one attached hydrogen (secondary N) is 3. The minimum atomic E-state index is -4.50. The number of aromatic nitrogens is 6. The molecule has 0 unspecified atom stereocenters. The number of benzene rings is 3.